The highest BCUT2D eigenvalue weighted by molar-refractivity contribution is 6.07. The molecule has 6 nitrogen and oxygen atoms in total. The van der Waals surface area contributed by atoms with Gasteiger partial charge in [0.05, 0.1) is 16.8 Å². The molecular weight excluding hydrogens is 362 g/mol. The number of benzene rings is 1. The van der Waals surface area contributed by atoms with Crippen LogP contribution in [-0.2, 0) is 0 Å². The Morgan fingerprint density at radius 3 is 2.34 bits per heavy atom. The Morgan fingerprint density at radius 1 is 0.931 bits per heavy atom. The zero-order chi connectivity index (χ0) is 20.5. The second-order valence-corrected chi connectivity index (χ2v) is 7.24. The summed E-state index contributed by atoms with van der Waals surface area (Å²) < 4.78 is 0. The summed E-state index contributed by atoms with van der Waals surface area (Å²) in [4.78, 5) is 32.4. The van der Waals surface area contributed by atoms with Gasteiger partial charge in [0.15, 0.2) is 5.82 Å². The van der Waals surface area contributed by atoms with Crippen LogP contribution in [0.2, 0.25) is 0 Å². The van der Waals surface area contributed by atoms with Gasteiger partial charge in [-0.25, -0.2) is 15.0 Å². The molecule has 3 heterocycles. The van der Waals surface area contributed by atoms with E-state index in [1.807, 2.05) is 44.2 Å². The molecule has 0 atom stereocenters. The number of pyridine rings is 2. The first kappa shape index (κ1) is 18.7. The summed E-state index contributed by atoms with van der Waals surface area (Å²) in [7, 11) is 3.50. The monoisotopic (exact) mass is 383 g/mol. The van der Waals surface area contributed by atoms with E-state index < -0.39 is 0 Å². The fourth-order valence-corrected chi connectivity index (χ4v) is 3.33. The van der Waals surface area contributed by atoms with Gasteiger partial charge in [-0.1, -0.05) is 17.7 Å². The van der Waals surface area contributed by atoms with Crippen molar-refractivity contribution in [2.75, 3.05) is 14.1 Å². The molecule has 29 heavy (non-hydrogen) atoms. The third kappa shape index (κ3) is 3.57. The average Bonchev–Trinajstić information content (AvgIpc) is 2.73. The molecule has 4 rings (SSSR count). The van der Waals surface area contributed by atoms with E-state index in [0.29, 0.717) is 22.8 Å². The molecular formula is C23H21N5O. The quantitative estimate of drug-likeness (QED) is 0.533. The van der Waals surface area contributed by atoms with Gasteiger partial charge in [0.2, 0.25) is 0 Å². The lowest BCUT2D eigenvalue weighted by Gasteiger charge is -2.15. The normalized spacial score (nSPS) is 10.9. The minimum Gasteiger partial charge on any atom is -0.345 e. The number of carbonyl (C=O) groups is 1. The number of aryl methyl sites for hydroxylation is 2. The predicted octanol–water partition coefficient (Wildman–Crippen LogP) is 4.07. The first-order valence-electron chi connectivity index (χ1n) is 9.31. The summed E-state index contributed by atoms with van der Waals surface area (Å²) >= 11 is 0. The summed E-state index contributed by atoms with van der Waals surface area (Å²) in [5.74, 6) is 0.487. The van der Waals surface area contributed by atoms with Crippen molar-refractivity contribution >= 4 is 16.8 Å². The SMILES string of the molecule is Cc1cc(C)c2nc(-c3cnc(-c4ccccn4)nc3)cc(C(=O)N(C)C)c2c1. The topological polar surface area (TPSA) is 71.9 Å². The molecule has 0 saturated carbocycles. The van der Waals surface area contributed by atoms with Crippen LogP contribution in [0.4, 0.5) is 0 Å². The highest BCUT2D eigenvalue weighted by Gasteiger charge is 2.17. The highest BCUT2D eigenvalue weighted by atomic mass is 16.2. The van der Waals surface area contributed by atoms with Crippen LogP contribution < -0.4 is 0 Å². The van der Waals surface area contributed by atoms with E-state index in [4.69, 9.17) is 4.98 Å². The lowest BCUT2D eigenvalue weighted by molar-refractivity contribution is 0.0829. The summed E-state index contributed by atoms with van der Waals surface area (Å²) in [5.41, 5.74) is 5.69. The maximum Gasteiger partial charge on any atom is 0.254 e. The molecule has 4 aromatic rings. The second kappa shape index (κ2) is 7.39. The Kier molecular flexibility index (Phi) is 4.76. The van der Waals surface area contributed by atoms with E-state index in [2.05, 4.69) is 21.0 Å². The van der Waals surface area contributed by atoms with Gasteiger partial charge in [0.25, 0.3) is 5.91 Å². The summed E-state index contributed by atoms with van der Waals surface area (Å²) in [6, 6.07) is 11.5. The molecule has 0 saturated heterocycles. The van der Waals surface area contributed by atoms with Crippen molar-refractivity contribution in [1.82, 2.24) is 24.8 Å². The van der Waals surface area contributed by atoms with Crippen molar-refractivity contribution in [3.63, 3.8) is 0 Å². The largest absolute Gasteiger partial charge is 0.345 e. The average molecular weight is 383 g/mol. The maximum atomic E-state index is 12.9. The molecule has 1 aromatic carbocycles. The van der Waals surface area contributed by atoms with Crippen LogP contribution in [0.15, 0.2) is 55.0 Å². The van der Waals surface area contributed by atoms with Gasteiger partial charge in [-0.15, -0.1) is 0 Å². The molecule has 1 amide bonds. The van der Waals surface area contributed by atoms with Crippen LogP contribution in [0.1, 0.15) is 21.5 Å². The van der Waals surface area contributed by atoms with Gasteiger partial charge in [-0.3, -0.25) is 9.78 Å². The molecule has 3 aromatic heterocycles. The Bertz CT molecular complexity index is 1200. The number of amides is 1. The van der Waals surface area contributed by atoms with Crippen LogP contribution in [0, 0.1) is 13.8 Å². The molecule has 0 aliphatic heterocycles. The van der Waals surface area contributed by atoms with Crippen molar-refractivity contribution in [3.05, 3.63) is 71.7 Å². The molecule has 0 unspecified atom stereocenters. The van der Waals surface area contributed by atoms with Gasteiger partial charge in [-0.05, 0) is 43.7 Å². The van der Waals surface area contributed by atoms with E-state index >= 15 is 0 Å². The molecule has 0 aliphatic carbocycles. The van der Waals surface area contributed by atoms with Crippen LogP contribution in [0.5, 0.6) is 0 Å². The first-order chi connectivity index (χ1) is 13.9. The summed E-state index contributed by atoms with van der Waals surface area (Å²) in [6.07, 6.45) is 5.15. The molecule has 0 fully saturated rings. The Hall–Kier alpha value is -3.67. The lowest BCUT2D eigenvalue weighted by Crippen LogP contribution is -2.22. The molecule has 0 radical (unpaired) electrons. The zero-order valence-corrected chi connectivity index (χ0v) is 16.8. The zero-order valence-electron chi connectivity index (χ0n) is 16.8. The third-order valence-electron chi connectivity index (χ3n) is 4.73. The second-order valence-electron chi connectivity index (χ2n) is 7.24. The van der Waals surface area contributed by atoms with Gasteiger partial charge in [0.1, 0.15) is 5.69 Å². The van der Waals surface area contributed by atoms with E-state index in [-0.39, 0.29) is 5.91 Å². The molecule has 0 N–H and O–H groups in total. The summed E-state index contributed by atoms with van der Waals surface area (Å²) in [5, 5.41) is 0.857. The van der Waals surface area contributed by atoms with Gasteiger partial charge in [0, 0.05) is 43.6 Å². The first-order valence-corrected chi connectivity index (χ1v) is 9.31. The number of carbonyl (C=O) groups excluding carboxylic acids is 1. The Labute approximate surface area is 169 Å². The highest BCUT2D eigenvalue weighted by Crippen LogP contribution is 2.28. The van der Waals surface area contributed by atoms with E-state index in [1.54, 1.807) is 37.6 Å². The molecule has 0 aliphatic rings. The third-order valence-corrected chi connectivity index (χ3v) is 4.73. The minimum atomic E-state index is -0.0605. The van der Waals surface area contributed by atoms with Crippen LogP contribution >= 0.6 is 0 Å². The standard InChI is InChI=1S/C23H21N5O/c1-14-9-15(2)21-17(10-14)18(23(29)28(3)4)11-20(27-21)16-12-25-22(26-13-16)19-7-5-6-8-24-19/h5-13H,1-4H3. The fourth-order valence-electron chi connectivity index (χ4n) is 3.33. The summed E-state index contributed by atoms with van der Waals surface area (Å²) in [6.45, 7) is 4.03. The lowest BCUT2D eigenvalue weighted by atomic mass is 10.00. The van der Waals surface area contributed by atoms with Crippen molar-refractivity contribution < 1.29 is 4.79 Å². The Balaban J connectivity index is 1.87. The number of nitrogens with zero attached hydrogens (tertiary/aromatic N) is 5. The van der Waals surface area contributed by atoms with Crippen molar-refractivity contribution in [3.8, 4) is 22.8 Å². The van der Waals surface area contributed by atoms with Gasteiger partial charge >= 0.3 is 0 Å². The van der Waals surface area contributed by atoms with Crippen LogP contribution in [0.3, 0.4) is 0 Å². The van der Waals surface area contributed by atoms with E-state index in [0.717, 1.165) is 27.6 Å². The molecule has 0 spiro atoms. The number of fused-ring (bicyclic) bond motifs is 1. The van der Waals surface area contributed by atoms with E-state index in [1.165, 1.54) is 0 Å². The number of rotatable bonds is 3. The number of aromatic nitrogens is 4. The van der Waals surface area contributed by atoms with Crippen molar-refractivity contribution in [2.45, 2.75) is 13.8 Å². The van der Waals surface area contributed by atoms with Crippen LogP contribution in [-0.4, -0.2) is 44.8 Å². The van der Waals surface area contributed by atoms with Gasteiger partial charge in [-0.2, -0.15) is 0 Å². The number of hydrogen-bond donors (Lipinski definition) is 0. The Morgan fingerprint density at radius 2 is 1.69 bits per heavy atom. The van der Waals surface area contributed by atoms with Crippen molar-refractivity contribution in [1.29, 1.82) is 0 Å². The smallest absolute Gasteiger partial charge is 0.254 e. The number of hydrogen-bond acceptors (Lipinski definition) is 5. The van der Waals surface area contributed by atoms with Gasteiger partial charge < -0.3 is 4.90 Å². The molecule has 0 bridgehead atoms. The molecule has 6 heteroatoms. The van der Waals surface area contributed by atoms with Crippen molar-refractivity contribution in [2.24, 2.45) is 0 Å². The molecule has 144 valence electrons. The minimum absolute atomic E-state index is 0.0605. The van der Waals surface area contributed by atoms with E-state index in [9.17, 15) is 4.79 Å². The predicted molar refractivity (Wildman–Crippen MR) is 113 cm³/mol. The van der Waals surface area contributed by atoms with Crippen LogP contribution in [0.25, 0.3) is 33.7 Å². The fraction of sp³-hybridized carbons (Fsp3) is 0.174. The maximum absolute atomic E-state index is 12.9.